The van der Waals surface area contributed by atoms with Crippen LogP contribution in [-0.4, -0.2) is 57.8 Å². The van der Waals surface area contributed by atoms with Crippen LogP contribution in [-0.2, 0) is 4.79 Å². The first-order chi connectivity index (χ1) is 16.5. The smallest absolute Gasteiger partial charge is 0.308 e. The standard InChI is InChI=1S/C27H29N3O4/c1-34-21-7-8-25-23(16-21)22(10-13-29-25)26(31)9-6-20-11-15-30(18-24(20)27(32)33)14-3-5-19-4-2-12-28-17-19/h2,4,7-8,10,12-13,16-17,20,24,26,31H,6,9,11,14-15,18H2,1H3,(H,32,33)/t20-,24+,26?/m1/s1. The Bertz CT molecular complexity index is 1190. The largest absolute Gasteiger partial charge is 0.497 e. The Morgan fingerprint density at radius 1 is 1.29 bits per heavy atom. The van der Waals surface area contributed by atoms with Crippen LogP contribution in [0.25, 0.3) is 10.9 Å². The van der Waals surface area contributed by atoms with Crippen molar-refractivity contribution in [1.29, 1.82) is 0 Å². The predicted molar refractivity (Wildman–Crippen MR) is 129 cm³/mol. The van der Waals surface area contributed by atoms with E-state index in [0.29, 0.717) is 31.7 Å². The molecule has 0 radical (unpaired) electrons. The second-order valence-electron chi connectivity index (χ2n) is 8.65. The van der Waals surface area contributed by atoms with E-state index in [2.05, 4.69) is 26.7 Å². The number of carboxylic acid groups (broad SMARTS) is 1. The van der Waals surface area contributed by atoms with Crippen LogP contribution in [0.15, 0.2) is 55.0 Å². The van der Waals surface area contributed by atoms with Crippen molar-refractivity contribution in [2.75, 3.05) is 26.7 Å². The highest BCUT2D eigenvalue weighted by molar-refractivity contribution is 5.83. The highest BCUT2D eigenvalue weighted by Gasteiger charge is 2.34. The van der Waals surface area contributed by atoms with Crippen LogP contribution in [0.2, 0.25) is 0 Å². The van der Waals surface area contributed by atoms with Crippen LogP contribution in [0.4, 0.5) is 0 Å². The fourth-order valence-corrected chi connectivity index (χ4v) is 4.62. The Hall–Kier alpha value is -3.47. The van der Waals surface area contributed by atoms with Crippen molar-refractivity contribution < 1.29 is 19.7 Å². The number of methoxy groups -OCH3 is 1. The van der Waals surface area contributed by atoms with Crippen LogP contribution in [0.1, 0.15) is 36.5 Å². The first-order valence-electron chi connectivity index (χ1n) is 11.5. The van der Waals surface area contributed by atoms with Gasteiger partial charge in [0.1, 0.15) is 5.75 Å². The summed E-state index contributed by atoms with van der Waals surface area (Å²) in [6.45, 7) is 1.79. The lowest BCUT2D eigenvalue weighted by atomic mass is 9.81. The maximum Gasteiger partial charge on any atom is 0.308 e. The molecule has 3 heterocycles. The zero-order valence-electron chi connectivity index (χ0n) is 19.2. The van der Waals surface area contributed by atoms with Crippen LogP contribution in [0, 0.1) is 23.7 Å². The number of carboxylic acids is 1. The van der Waals surface area contributed by atoms with Crippen molar-refractivity contribution in [3.05, 3.63) is 66.1 Å². The van der Waals surface area contributed by atoms with Crippen LogP contribution in [0.5, 0.6) is 5.75 Å². The molecule has 7 heteroatoms. The minimum Gasteiger partial charge on any atom is -0.497 e. The lowest BCUT2D eigenvalue weighted by molar-refractivity contribution is -0.146. The molecule has 176 valence electrons. The summed E-state index contributed by atoms with van der Waals surface area (Å²) in [6.07, 6.45) is 6.31. The number of aliphatic hydroxyl groups is 1. The van der Waals surface area contributed by atoms with E-state index in [0.717, 1.165) is 35.0 Å². The van der Waals surface area contributed by atoms with E-state index < -0.39 is 18.0 Å². The zero-order chi connectivity index (χ0) is 23.9. The van der Waals surface area contributed by atoms with E-state index in [9.17, 15) is 15.0 Å². The fourth-order valence-electron chi connectivity index (χ4n) is 4.62. The molecule has 4 rings (SSSR count). The third-order valence-corrected chi connectivity index (χ3v) is 6.51. The predicted octanol–water partition coefficient (Wildman–Crippen LogP) is 3.53. The summed E-state index contributed by atoms with van der Waals surface area (Å²) >= 11 is 0. The quantitative estimate of drug-likeness (QED) is 0.522. The minimum absolute atomic E-state index is 0.0114. The van der Waals surface area contributed by atoms with Gasteiger partial charge in [0.05, 0.1) is 31.2 Å². The van der Waals surface area contributed by atoms with Crippen LogP contribution in [0.3, 0.4) is 0 Å². The molecule has 0 aliphatic carbocycles. The molecule has 34 heavy (non-hydrogen) atoms. The molecular weight excluding hydrogens is 430 g/mol. The molecule has 7 nitrogen and oxygen atoms in total. The maximum atomic E-state index is 12.0. The summed E-state index contributed by atoms with van der Waals surface area (Å²) in [6, 6.07) is 11.2. The first kappa shape index (κ1) is 23.7. The number of aliphatic hydroxyl groups excluding tert-OH is 1. The topological polar surface area (TPSA) is 95.8 Å². The lowest BCUT2D eigenvalue weighted by Crippen LogP contribution is -2.44. The minimum atomic E-state index is -0.788. The number of carbonyl (C=O) groups is 1. The molecule has 1 saturated heterocycles. The summed E-state index contributed by atoms with van der Waals surface area (Å²) in [5.74, 6) is 5.66. The number of hydrogen-bond acceptors (Lipinski definition) is 6. The number of hydrogen-bond donors (Lipinski definition) is 2. The van der Waals surface area contributed by atoms with Gasteiger partial charge >= 0.3 is 5.97 Å². The molecule has 0 bridgehead atoms. The highest BCUT2D eigenvalue weighted by atomic mass is 16.5. The molecule has 0 spiro atoms. The molecule has 1 aliphatic rings. The van der Waals surface area contributed by atoms with Crippen LogP contribution >= 0.6 is 0 Å². The van der Waals surface area contributed by atoms with Gasteiger partial charge in [0.15, 0.2) is 0 Å². The summed E-state index contributed by atoms with van der Waals surface area (Å²) in [5.41, 5.74) is 2.43. The van der Waals surface area contributed by atoms with Gasteiger partial charge in [0.2, 0.25) is 0 Å². The van der Waals surface area contributed by atoms with Crippen LogP contribution < -0.4 is 4.74 Å². The number of rotatable bonds is 7. The number of aromatic nitrogens is 2. The third kappa shape index (κ3) is 5.71. The number of fused-ring (bicyclic) bond motifs is 1. The van der Waals surface area contributed by atoms with E-state index in [1.807, 2.05) is 36.4 Å². The van der Waals surface area contributed by atoms with Gasteiger partial charge < -0.3 is 14.9 Å². The lowest BCUT2D eigenvalue weighted by Gasteiger charge is -2.36. The van der Waals surface area contributed by atoms with Gasteiger partial charge in [0.25, 0.3) is 0 Å². The number of likely N-dealkylation sites (tertiary alicyclic amines) is 1. The molecule has 1 fully saturated rings. The molecule has 0 amide bonds. The van der Waals surface area contributed by atoms with Crippen molar-refractivity contribution in [3.8, 4) is 17.6 Å². The summed E-state index contributed by atoms with van der Waals surface area (Å²) in [7, 11) is 1.61. The second-order valence-corrected chi connectivity index (χ2v) is 8.65. The van der Waals surface area contributed by atoms with Crippen molar-refractivity contribution in [1.82, 2.24) is 14.9 Å². The Labute approximate surface area is 199 Å². The summed E-state index contributed by atoms with van der Waals surface area (Å²) in [5, 5.41) is 21.7. The number of benzene rings is 1. The van der Waals surface area contributed by atoms with Gasteiger partial charge in [0, 0.05) is 36.1 Å². The molecule has 0 saturated carbocycles. The number of pyridine rings is 2. The zero-order valence-corrected chi connectivity index (χ0v) is 19.2. The van der Waals surface area contributed by atoms with Gasteiger partial charge in [-0.1, -0.05) is 11.8 Å². The monoisotopic (exact) mass is 459 g/mol. The van der Waals surface area contributed by atoms with E-state index in [1.165, 1.54) is 0 Å². The second kappa shape index (κ2) is 11.1. The molecule has 2 N–H and O–H groups in total. The van der Waals surface area contributed by atoms with Gasteiger partial charge in [-0.15, -0.1) is 0 Å². The van der Waals surface area contributed by atoms with Crippen molar-refractivity contribution in [3.63, 3.8) is 0 Å². The average Bonchev–Trinajstić information content (AvgIpc) is 2.87. The number of piperidine rings is 1. The van der Waals surface area contributed by atoms with Gasteiger partial charge in [-0.2, -0.15) is 0 Å². The van der Waals surface area contributed by atoms with E-state index >= 15 is 0 Å². The molecule has 1 unspecified atom stereocenters. The average molecular weight is 460 g/mol. The van der Waals surface area contributed by atoms with E-state index in [1.54, 1.807) is 25.7 Å². The van der Waals surface area contributed by atoms with E-state index in [4.69, 9.17) is 4.74 Å². The van der Waals surface area contributed by atoms with Gasteiger partial charge in [-0.3, -0.25) is 19.7 Å². The number of ether oxygens (including phenoxy) is 1. The van der Waals surface area contributed by atoms with Crippen molar-refractivity contribution in [2.45, 2.75) is 25.4 Å². The summed E-state index contributed by atoms with van der Waals surface area (Å²) < 4.78 is 5.32. The van der Waals surface area contributed by atoms with Gasteiger partial charge in [-0.05, 0) is 73.7 Å². The van der Waals surface area contributed by atoms with E-state index in [-0.39, 0.29) is 5.92 Å². The Morgan fingerprint density at radius 2 is 2.18 bits per heavy atom. The normalized spacial score (nSPS) is 19.2. The Morgan fingerprint density at radius 3 is 2.94 bits per heavy atom. The molecule has 3 aromatic rings. The molecule has 3 atom stereocenters. The summed E-state index contributed by atoms with van der Waals surface area (Å²) in [4.78, 5) is 22.5. The molecule has 2 aromatic heterocycles. The highest BCUT2D eigenvalue weighted by Crippen LogP contribution is 2.33. The fraction of sp³-hybridized carbons (Fsp3) is 0.370. The molecular formula is C27H29N3O4. The number of nitrogens with zero attached hydrogens (tertiary/aromatic N) is 3. The van der Waals surface area contributed by atoms with Crippen molar-refractivity contribution in [2.24, 2.45) is 11.8 Å². The SMILES string of the molecule is COc1ccc2nccc(C(O)CC[C@@H]3CCN(CC#Cc4cccnc4)C[C@@H]3C(=O)O)c2c1. The van der Waals surface area contributed by atoms with Gasteiger partial charge in [-0.25, -0.2) is 0 Å². The molecule has 1 aliphatic heterocycles. The first-order valence-corrected chi connectivity index (χ1v) is 11.5. The third-order valence-electron chi connectivity index (χ3n) is 6.51. The number of aliphatic carboxylic acids is 1. The van der Waals surface area contributed by atoms with Crippen molar-refractivity contribution >= 4 is 16.9 Å². The Balaban J connectivity index is 1.38. The molecule has 1 aromatic carbocycles. The maximum absolute atomic E-state index is 12.0. The Kier molecular flexibility index (Phi) is 7.73.